The lowest BCUT2D eigenvalue weighted by Gasteiger charge is -2.01. The van der Waals surface area contributed by atoms with E-state index in [0.29, 0.717) is 16.5 Å². The first-order valence-electron chi connectivity index (χ1n) is 6.75. The summed E-state index contributed by atoms with van der Waals surface area (Å²) in [4.78, 5) is 24.8. The van der Waals surface area contributed by atoms with E-state index in [2.05, 4.69) is 10.3 Å². The number of aromatic nitrogens is 1. The standard InChI is InChI=1S/C15H10N4O4S/c20-18(21)12-5-1-10(2-6-12)14-9-24-15(17-14)16-11-3-7-13(8-4-11)19(22)23/h1-9H,(H,16,17). The molecule has 9 heteroatoms. The van der Waals surface area contributed by atoms with Gasteiger partial charge in [-0.3, -0.25) is 20.2 Å². The van der Waals surface area contributed by atoms with E-state index in [4.69, 9.17) is 0 Å². The lowest BCUT2D eigenvalue weighted by molar-refractivity contribution is -0.385. The van der Waals surface area contributed by atoms with Crippen LogP contribution in [0, 0.1) is 20.2 Å². The van der Waals surface area contributed by atoms with Gasteiger partial charge < -0.3 is 5.32 Å². The Morgan fingerprint density at radius 1 is 0.875 bits per heavy atom. The van der Waals surface area contributed by atoms with Crippen molar-refractivity contribution in [3.05, 3.63) is 74.1 Å². The molecule has 0 bridgehead atoms. The van der Waals surface area contributed by atoms with E-state index in [1.165, 1.54) is 35.6 Å². The fourth-order valence-corrected chi connectivity index (χ4v) is 2.75. The average Bonchev–Trinajstić information content (AvgIpc) is 3.04. The number of rotatable bonds is 5. The number of nitrogens with one attached hydrogen (secondary N) is 1. The average molecular weight is 342 g/mol. The summed E-state index contributed by atoms with van der Waals surface area (Å²) in [6, 6.07) is 12.2. The van der Waals surface area contributed by atoms with Crippen molar-refractivity contribution >= 4 is 33.5 Å². The Kier molecular flexibility index (Phi) is 4.17. The first-order valence-corrected chi connectivity index (χ1v) is 7.63. The lowest BCUT2D eigenvalue weighted by atomic mass is 10.1. The zero-order valence-electron chi connectivity index (χ0n) is 12.1. The summed E-state index contributed by atoms with van der Waals surface area (Å²) >= 11 is 1.37. The van der Waals surface area contributed by atoms with Gasteiger partial charge in [0.15, 0.2) is 5.13 Å². The Morgan fingerprint density at radius 2 is 1.42 bits per heavy atom. The van der Waals surface area contributed by atoms with Gasteiger partial charge in [-0.2, -0.15) is 0 Å². The lowest BCUT2D eigenvalue weighted by Crippen LogP contribution is -1.91. The van der Waals surface area contributed by atoms with Gasteiger partial charge >= 0.3 is 0 Å². The van der Waals surface area contributed by atoms with Crippen LogP contribution in [0.15, 0.2) is 53.9 Å². The molecule has 1 N–H and O–H groups in total. The highest BCUT2D eigenvalue weighted by molar-refractivity contribution is 7.14. The summed E-state index contributed by atoms with van der Waals surface area (Å²) in [7, 11) is 0. The van der Waals surface area contributed by atoms with E-state index in [0.717, 1.165) is 5.56 Å². The summed E-state index contributed by atoms with van der Waals surface area (Å²) in [5.74, 6) is 0. The molecule has 0 unspecified atom stereocenters. The monoisotopic (exact) mass is 342 g/mol. The molecule has 0 atom stereocenters. The Hall–Kier alpha value is -3.33. The third-order valence-corrected chi connectivity index (χ3v) is 3.97. The van der Waals surface area contributed by atoms with Crippen LogP contribution in [-0.4, -0.2) is 14.8 Å². The second-order valence-electron chi connectivity index (χ2n) is 4.77. The van der Waals surface area contributed by atoms with Crippen LogP contribution in [0.1, 0.15) is 0 Å². The Labute approximate surface area is 139 Å². The molecule has 0 saturated carbocycles. The van der Waals surface area contributed by atoms with Gasteiger partial charge in [-0.1, -0.05) is 0 Å². The molecular weight excluding hydrogens is 332 g/mol. The fourth-order valence-electron chi connectivity index (χ4n) is 2.01. The van der Waals surface area contributed by atoms with Gasteiger partial charge in [-0.15, -0.1) is 11.3 Å². The van der Waals surface area contributed by atoms with E-state index in [1.54, 1.807) is 24.3 Å². The third-order valence-electron chi connectivity index (χ3n) is 3.21. The quantitative estimate of drug-likeness (QED) is 0.544. The molecule has 0 fully saturated rings. The minimum absolute atomic E-state index is 0.0197. The highest BCUT2D eigenvalue weighted by Crippen LogP contribution is 2.28. The van der Waals surface area contributed by atoms with Gasteiger partial charge in [0.25, 0.3) is 11.4 Å². The second-order valence-corrected chi connectivity index (χ2v) is 5.63. The highest BCUT2D eigenvalue weighted by atomic mass is 32.1. The normalized spacial score (nSPS) is 10.3. The molecule has 0 amide bonds. The second kappa shape index (κ2) is 6.42. The maximum absolute atomic E-state index is 10.7. The topological polar surface area (TPSA) is 111 Å². The zero-order chi connectivity index (χ0) is 17.1. The van der Waals surface area contributed by atoms with Gasteiger partial charge in [-0.25, -0.2) is 4.98 Å². The predicted molar refractivity (Wildman–Crippen MR) is 90.6 cm³/mol. The summed E-state index contributed by atoms with van der Waals surface area (Å²) < 4.78 is 0. The molecule has 1 heterocycles. The Bertz CT molecular complexity index is 891. The SMILES string of the molecule is O=[N+]([O-])c1ccc(Nc2nc(-c3ccc([N+](=O)[O-])cc3)cs2)cc1. The van der Waals surface area contributed by atoms with Gasteiger partial charge in [-0.05, 0) is 24.3 Å². The van der Waals surface area contributed by atoms with E-state index < -0.39 is 9.85 Å². The van der Waals surface area contributed by atoms with E-state index in [1.807, 2.05) is 5.38 Å². The molecule has 3 aromatic rings. The molecule has 24 heavy (non-hydrogen) atoms. The van der Waals surface area contributed by atoms with Crippen molar-refractivity contribution in [2.24, 2.45) is 0 Å². The number of benzene rings is 2. The van der Waals surface area contributed by atoms with E-state index >= 15 is 0 Å². The molecule has 3 rings (SSSR count). The highest BCUT2D eigenvalue weighted by Gasteiger charge is 2.09. The Balaban J connectivity index is 1.75. The summed E-state index contributed by atoms with van der Waals surface area (Å²) in [6.45, 7) is 0. The number of hydrogen-bond donors (Lipinski definition) is 1. The molecule has 0 aliphatic heterocycles. The molecular formula is C15H10N4O4S. The van der Waals surface area contributed by atoms with Crippen molar-refractivity contribution in [3.63, 3.8) is 0 Å². The molecule has 0 saturated heterocycles. The molecule has 2 aromatic carbocycles. The van der Waals surface area contributed by atoms with Crippen molar-refractivity contribution in [1.82, 2.24) is 4.98 Å². The van der Waals surface area contributed by atoms with Crippen molar-refractivity contribution in [2.75, 3.05) is 5.32 Å². The summed E-state index contributed by atoms with van der Waals surface area (Å²) in [6.07, 6.45) is 0. The largest absolute Gasteiger partial charge is 0.332 e. The van der Waals surface area contributed by atoms with E-state index in [9.17, 15) is 20.2 Å². The van der Waals surface area contributed by atoms with Crippen molar-refractivity contribution < 1.29 is 9.85 Å². The van der Waals surface area contributed by atoms with Crippen LogP contribution in [0.5, 0.6) is 0 Å². The number of non-ortho nitro benzene ring substituents is 2. The van der Waals surface area contributed by atoms with Crippen molar-refractivity contribution in [3.8, 4) is 11.3 Å². The predicted octanol–water partition coefficient (Wildman–Crippen LogP) is 4.37. The fraction of sp³-hybridized carbons (Fsp3) is 0. The molecule has 0 aliphatic carbocycles. The first kappa shape index (κ1) is 15.6. The molecule has 8 nitrogen and oxygen atoms in total. The zero-order valence-corrected chi connectivity index (χ0v) is 12.9. The first-order chi connectivity index (χ1) is 11.5. The van der Waals surface area contributed by atoms with Crippen LogP contribution in [0.3, 0.4) is 0 Å². The minimum atomic E-state index is -0.458. The summed E-state index contributed by atoms with van der Waals surface area (Å²) in [5.41, 5.74) is 2.20. The van der Waals surface area contributed by atoms with Crippen LogP contribution in [0.25, 0.3) is 11.3 Å². The van der Waals surface area contributed by atoms with Crippen molar-refractivity contribution in [2.45, 2.75) is 0 Å². The van der Waals surface area contributed by atoms with Crippen molar-refractivity contribution in [1.29, 1.82) is 0 Å². The number of nitro benzene ring substituents is 2. The van der Waals surface area contributed by atoms with Gasteiger partial charge in [0.1, 0.15) is 0 Å². The molecule has 0 spiro atoms. The number of nitrogens with zero attached hydrogens (tertiary/aromatic N) is 3. The molecule has 1 aromatic heterocycles. The van der Waals surface area contributed by atoms with E-state index in [-0.39, 0.29) is 11.4 Å². The minimum Gasteiger partial charge on any atom is -0.332 e. The molecule has 0 radical (unpaired) electrons. The van der Waals surface area contributed by atoms with Crippen LogP contribution >= 0.6 is 11.3 Å². The van der Waals surface area contributed by atoms with Crippen LogP contribution in [0.4, 0.5) is 22.2 Å². The number of anilines is 2. The maximum Gasteiger partial charge on any atom is 0.269 e. The van der Waals surface area contributed by atoms with Crippen LogP contribution in [0.2, 0.25) is 0 Å². The maximum atomic E-state index is 10.7. The molecule has 0 aliphatic rings. The molecule has 120 valence electrons. The van der Waals surface area contributed by atoms with Gasteiger partial charge in [0, 0.05) is 40.9 Å². The smallest absolute Gasteiger partial charge is 0.269 e. The van der Waals surface area contributed by atoms with Gasteiger partial charge in [0.2, 0.25) is 0 Å². The number of nitro groups is 2. The third kappa shape index (κ3) is 3.36. The Morgan fingerprint density at radius 3 is 1.96 bits per heavy atom. The number of hydrogen-bond acceptors (Lipinski definition) is 7. The van der Waals surface area contributed by atoms with Gasteiger partial charge in [0.05, 0.1) is 15.5 Å². The number of thiazole rings is 1. The summed E-state index contributed by atoms with van der Waals surface area (Å²) in [5, 5.41) is 26.8. The van der Waals surface area contributed by atoms with Crippen LogP contribution in [-0.2, 0) is 0 Å². The van der Waals surface area contributed by atoms with Crippen LogP contribution < -0.4 is 5.32 Å².